The van der Waals surface area contributed by atoms with E-state index in [4.69, 9.17) is 10.5 Å². The summed E-state index contributed by atoms with van der Waals surface area (Å²) in [6, 6.07) is 3.09. The van der Waals surface area contributed by atoms with Crippen LogP contribution in [-0.4, -0.2) is 29.8 Å². The Bertz CT molecular complexity index is 695. The van der Waals surface area contributed by atoms with Crippen LogP contribution in [0.25, 0.3) is 0 Å². The van der Waals surface area contributed by atoms with Gasteiger partial charge >= 0.3 is 0 Å². The molecule has 116 valence electrons. The summed E-state index contributed by atoms with van der Waals surface area (Å²) >= 11 is 0. The van der Waals surface area contributed by atoms with Crippen LogP contribution in [0.1, 0.15) is 36.7 Å². The molecule has 3 N–H and O–H groups in total. The molecule has 0 radical (unpaired) electrons. The zero-order valence-corrected chi connectivity index (χ0v) is 12.8. The molecule has 1 aromatic rings. The normalized spacial score (nSPS) is 13.8. The molecule has 6 heteroatoms. The third-order valence-electron chi connectivity index (χ3n) is 3.19. The molecule has 0 spiro atoms. The van der Waals surface area contributed by atoms with Gasteiger partial charge in [0.1, 0.15) is 12.5 Å². The Morgan fingerprint density at radius 2 is 2.09 bits per heavy atom. The summed E-state index contributed by atoms with van der Waals surface area (Å²) in [7, 11) is 0. The number of amides is 1. The smallest absolute Gasteiger partial charge is 0.250 e. The molecule has 6 nitrogen and oxygen atoms in total. The van der Waals surface area contributed by atoms with Crippen LogP contribution < -0.4 is 11.1 Å². The molecule has 0 saturated carbocycles. The van der Waals surface area contributed by atoms with E-state index in [1.165, 1.54) is 6.07 Å². The lowest BCUT2D eigenvalue weighted by Crippen LogP contribution is -2.27. The monoisotopic (exact) mass is 302 g/mol. The van der Waals surface area contributed by atoms with Gasteiger partial charge in [-0.15, -0.1) is 0 Å². The quantitative estimate of drug-likeness (QED) is 0.501. The van der Waals surface area contributed by atoms with Crippen molar-refractivity contribution in [2.45, 2.75) is 32.8 Å². The average Bonchev–Trinajstić information content (AvgIpc) is 2.73. The summed E-state index contributed by atoms with van der Waals surface area (Å²) in [6.07, 6.45) is 0.208. The first-order valence-corrected chi connectivity index (χ1v) is 6.86. The number of anilines is 2. The predicted molar refractivity (Wildman–Crippen MR) is 82.4 cm³/mol. The lowest BCUT2D eigenvalue weighted by molar-refractivity contribution is -0.125. The zero-order valence-electron chi connectivity index (χ0n) is 12.8. The SMILES string of the molecule is CC(C)(C)OCC(=O)Nc1cc2c(cc1N)C(=O)C(=C=O)C2. The molecule has 2 rings (SSSR count). The summed E-state index contributed by atoms with van der Waals surface area (Å²) in [5, 5.41) is 2.65. The van der Waals surface area contributed by atoms with E-state index in [2.05, 4.69) is 5.32 Å². The molecule has 1 aliphatic rings. The molecule has 0 aliphatic heterocycles. The van der Waals surface area contributed by atoms with Crippen molar-refractivity contribution in [2.75, 3.05) is 17.7 Å². The van der Waals surface area contributed by atoms with Crippen molar-refractivity contribution in [3.63, 3.8) is 0 Å². The van der Waals surface area contributed by atoms with E-state index in [9.17, 15) is 14.4 Å². The first kappa shape index (κ1) is 15.9. The molecule has 0 aromatic heterocycles. The minimum atomic E-state index is -0.420. The number of ether oxygens (including phenoxy) is 1. The Balaban J connectivity index is 2.16. The average molecular weight is 302 g/mol. The van der Waals surface area contributed by atoms with Gasteiger partial charge in [0.15, 0.2) is 0 Å². The van der Waals surface area contributed by atoms with E-state index >= 15 is 0 Å². The molecule has 0 atom stereocenters. The van der Waals surface area contributed by atoms with E-state index in [1.54, 1.807) is 12.0 Å². The van der Waals surface area contributed by atoms with Gasteiger partial charge in [0.25, 0.3) is 0 Å². The van der Waals surface area contributed by atoms with Crippen LogP contribution in [0.5, 0.6) is 0 Å². The molecular formula is C16H18N2O4. The molecule has 0 saturated heterocycles. The number of nitrogens with one attached hydrogen (secondary N) is 1. The Labute approximate surface area is 128 Å². The number of carbonyl (C=O) groups excluding carboxylic acids is 3. The highest BCUT2D eigenvalue weighted by Gasteiger charge is 2.27. The Morgan fingerprint density at radius 3 is 2.68 bits per heavy atom. The number of nitrogen functional groups attached to an aromatic ring is 1. The van der Waals surface area contributed by atoms with Gasteiger partial charge in [0, 0.05) is 12.0 Å². The summed E-state index contributed by atoms with van der Waals surface area (Å²) in [5.41, 5.74) is 7.23. The van der Waals surface area contributed by atoms with Gasteiger partial charge in [-0.2, -0.15) is 0 Å². The van der Waals surface area contributed by atoms with E-state index < -0.39 is 5.60 Å². The van der Waals surface area contributed by atoms with Crippen LogP contribution in [0.3, 0.4) is 0 Å². The predicted octanol–water partition coefficient (Wildman–Crippen LogP) is 1.52. The van der Waals surface area contributed by atoms with Crippen molar-refractivity contribution < 1.29 is 19.1 Å². The summed E-state index contributed by atoms with van der Waals surface area (Å²) in [4.78, 5) is 34.4. The number of Topliss-reactive ketones (excluding diaryl/α,β-unsaturated/α-hetero) is 1. The van der Waals surface area contributed by atoms with Crippen molar-refractivity contribution in [3.05, 3.63) is 28.8 Å². The minimum Gasteiger partial charge on any atom is -0.397 e. The van der Waals surface area contributed by atoms with Crippen LogP contribution in [0.15, 0.2) is 17.7 Å². The number of nitrogens with two attached hydrogens (primary N) is 1. The number of benzene rings is 1. The Hall–Kier alpha value is -2.43. The van der Waals surface area contributed by atoms with E-state index in [1.807, 2.05) is 20.8 Å². The van der Waals surface area contributed by atoms with Crippen LogP contribution in [0.4, 0.5) is 11.4 Å². The topological polar surface area (TPSA) is 98.5 Å². The van der Waals surface area contributed by atoms with Gasteiger partial charge in [-0.3, -0.25) is 9.59 Å². The summed E-state index contributed by atoms with van der Waals surface area (Å²) < 4.78 is 5.38. The molecule has 1 aliphatic carbocycles. The molecule has 22 heavy (non-hydrogen) atoms. The maximum Gasteiger partial charge on any atom is 0.250 e. The molecule has 0 fully saturated rings. The highest BCUT2D eigenvalue weighted by atomic mass is 16.5. The maximum absolute atomic E-state index is 11.9. The maximum atomic E-state index is 11.9. The van der Waals surface area contributed by atoms with Gasteiger partial charge in [-0.1, -0.05) is 0 Å². The fraction of sp³-hybridized carbons (Fsp3) is 0.375. The molecule has 0 heterocycles. The zero-order chi connectivity index (χ0) is 16.5. The van der Waals surface area contributed by atoms with Gasteiger partial charge < -0.3 is 15.8 Å². The number of allylic oxidation sites excluding steroid dienone is 1. The number of ketones is 1. The van der Waals surface area contributed by atoms with Gasteiger partial charge in [0.2, 0.25) is 11.7 Å². The second-order valence-corrected chi connectivity index (χ2v) is 6.13. The van der Waals surface area contributed by atoms with Crippen molar-refractivity contribution in [1.29, 1.82) is 0 Å². The van der Waals surface area contributed by atoms with Gasteiger partial charge in [-0.05, 0) is 38.5 Å². The first-order chi connectivity index (χ1) is 10.2. The van der Waals surface area contributed by atoms with E-state index in [0.717, 1.165) is 0 Å². The Morgan fingerprint density at radius 1 is 1.41 bits per heavy atom. The van der Waals surface area contributed by atoms with Crippen molar-refractivity contribution in [1.82, 2.24) is 0 Å². The molecular weight excluding hydrogens is 284 g/mol. The second-order valence-electron chi connectivity index (χ2n) is 6.13. The minimum absolute atomic E-state index is 0.0777. The third-order valence-corrected chi connectivity index (χ3v) is 3.19. The van der Waals surface area contributed by atoms with E-state index in [-0.39, 0.29) is 36.0 Å². The van der Waals surface area contributed by atoms with E-state index in [0.29, 0.717) is 16.8 Å². The highest BCUT2D eigenvalue weighted by Crippen LogP contribution is 2.31. The fourth-order valence-corrected chi connectivity index (χ4v) is 2.11. The van der Waals surface area contributed by atoms with Gasteiger partial charge in [0.05, 0.1) is 22.5 Å². The van der Waals surface area contributed by atoms with Crippen LogP contribution >= 0.6 is 0 Å². The van der Waals surface area contributed by atoms with Crippen molar-refractivity contribution in [2.24, 2.45) is 0 Å². The lowest BCUT2D eigenvalue weighted by Gasteiger charge is -2.19. The standard InChI is InChI=1S/C16H18N2O4/c1-16(2,3)22-8-14(20)18-13-5-9-4-10(7-19)15(21)11(9)6-12(13)17/h5-6H,4,8,17H2,1-3H3,(H,18,20). The number of hydrogen-bond acceptors (Lipinski definition) is 5. The lowest BCUT2D eigenvalue weighted by atomic mass is 10.1. The van der Waals surface area contributed by atoms with Gasteiger partial charge in [-0.25, -0.2) is 4.79 Å². The van der Waals surface area contributed by atoms with Crippen molar-refractivity contribution >= 4 is 29.0 Å². The number of fused-ring (bicyclic) bond motifs is 1. The third kappa shape index (κ3) is 3.42. The van der Waals surface area contributed by atoms with Crippen LogP contribution in [0.2, 0.25) is 0 Å². The number of hydrogen-bond donors (Lipinski definition) is 2. The largest absolute Gasteiger partial charge is 0.397 e. The van der Waals surface area contributed by atoms with Crippen LogP contribution in [-0.2, 0) is 20.7 Å². The summed E-state index contributed by atoms with van der Waals surface area (Å²) in [5.74, 6) is 0.954. The second kappa shape index (κ2) is 5.75. The molecule has 0 unspecified atom stereocenters. The molecule has 0 bridgehead atoms. The Kier molecular flexibility index (Phi) is 4.17. The number of rotatable bonds is 3. The fourth-order valence-electron chi connectivity index (χ4n) is 2.11. The molecule has 1 aromatic carbocycles. The van der Waals surface area contributed by atoms with Crippen LogP contribution in [0, 0.1) is 0 Å². The highest BCUT2D eigenvalue weighted by molar-refractivity contribution is 6.18. The van der Waals surface area contributed by atoms with Crippen molar-refractivity contribution in [3.8, 4) is 0 Å². The molecule has 1 amide bonds. The first-order valence-electron chi connectivity index (χ1n) is 6.86. The summed E-state index contributed by atoms with van der Waals surface area (Å²) in [6.45, 7) is 5.45. The number of carbonyl (C=O) groups is 2.